The van der Waals surface area contributed by atoms with E-state index in [0.29, 0.717) is 0 Å². The number of nitrogens with zero attached hydrogens (tertiary/aromatic N) is 2. The normalized spacial score (nSPS) is 17.2. The summed E-state index contributed by atoms with van der Waals surface area (Å²) >= 11 is 0. The Morgan fingerprint density at radius 1 is 1.12 bits per heavy atom. The van der Waals surface area contributed by atoms with Gasteiger partial charge in [-0.2, -0.15) is 0 Å². The molecular formula is C19H24N4O2. The van der Waals surface area contributed by atoms with Crippen LogP contribution in [0.1, 0.15) is 22.0 Å². The lowest BCUT2D eigenvalue weighted by Gasteiger charge is -2.35. The Bertz CT molecular complexity index is 751. The van der Waals surface area contributed by atoms with Crippen molar-refractivity contribution in [1.82, 2.24) is 20.1 Å². The molecule has 2 heterocycles. The molecule has 0 bridgehead atoms. The standard InChI is InChI=1S/C19H24N4O2/c1-22-10-12-23(13-11-22)14-17(15-6-3-2-4-7-15)21-19(25)16-8-5-9-20-18(16)24/h2-9,17H,10-14H2,1H3,(H,20,24)(H,21,25)/t17-/m0/s1. The average Bonchev–Trinajstić information content (AvgIpc) is 2.64. The highest BCUT2D eigenvalue weighted by atomic mass is 16.2. The number of carbonyl (C=O) groups is 1. The van der Waals surface area contributed by atoms with E-state index in [0.717, 1.165) is 38.3 Å². The van der Waals surface area contributed by atoms with Crippen molar-refractivity contribution in [3.05, 3.63) is 70.1 Å². The zero-order valence-corrected chi connectivity index (χ0v) is 14.4. The second kappa shape index (κ2) is 8.09. The summed E-state index contributed by atoms with van der Waals surface area (Å²) in [4.78, 5) is 31.7. The van der Waals surface area contributed by atoms with E-state index in [2.05, 4.69) is 27.1 Å². The minimum absolute atomic E-state index is 0.141. The molecule has 6 heteroatoms. The second-order valence-corrected chi connectivity index (χ2v) is 6.45. The van der Waals surface area contributed by atoms with Crippen LogP contribution in [-0.2, 0) is 0 Å². The highest BCUT2D eigenvalue weighted by Crippen LogP contribution is 2.16. The monoisotopic (exact) mass is 340 g/mol. The molecule has 1 aliphatic rings. The zero-order chi connectivity index (χ0) is 17.6. The van der Waals surface area contributed by atoms with Gasteiger partial charge in [0.25, 0.3) is 11.5 Å². The summed E-state index contributed by atoms with van der Waals surface area (Å²) in [5, 5.41) is 3.03. The van der Waals surface area contributed by atoms with E-state index in [1.165, 1.54) is 6.20 Å². The number of benzene rings is 1. The lowest BCUT2D eigenvalue weighted by Crippen LogP contribution is -2.48. The van der Waals surface area contributed by atoms with E-state index in [1.54, 1.807) is 12.1 Å². The maximum absolute atomic E-state index is 12.6. The van der Waals surface area contributed by atoms with Crippen LogP contribution in [-0.4, -0.2) is 60.5 Å². The smallest absolute Gasteiger partial charge is 0.260 e. The molecule has 0 unspecified atom stereocenters. The molecule has 2 N–H and O–H groups in total. The molecule has 1 aromatic heterocycles. The summed E-state index contributed by atoms with van der Waals surface area (Å²) in [5.74, 6) is -0.343. The van der Waals surface area contributed by atoms with E-state index in [4.69, 9.17) is 0 Å². The van der Waals surface area contributed by atoms with E-state index >= 15 is 0 Å². The van der Waals surface area contributed by atoms with Crippen molar-refractivity contribution in [2.75, 3.05) is 39.8 Å². The molecule has 3 rings (SSSR count). The van der Waals surface area contributed by atoms with Gasteiger partial charge in [0.05, 0.1) is 6.04 Å². The van der Waals surface area contributed by atoms with Crippen molar-refractivity contribution in [1.29, 1.82) is 0 Å². The van der Waals surface area contributed by atoms with Gasteiger partial charge in [0.2, 0.25) is 0 Å². The van der Waals surface area contributed by atoms with E-state index in [1.807, 2.05) is 30.3 Å². The summed E-state index contributed by atoms with van der Waals surface area (Å²) in [6.07, 6.45) is 1.53. The first-order valence-electron chi connectivity index (χ1n) is 8.58. The number of aromatic amines is 1. The molecule has 1 aromatic carbocycles. The van der Waals surface area contributed by atoms with Crippen LogP contribution in [0.3, 0.4) is 0 Å². The molecule has 1 aliphatic heterocycles. The zero-order valence-electron chi connectivity index (χ0n) is 14.4. The van der Waals surface area contributed by atoms with Crippen LogP contribution in [0.15, 0.2) is 53.5 Å². The number of H-pyrrole nitrogens is 1. The van der Waals surface area contributed by atoms with E-state index in [9.17, 15) is 9.59 Å². The Hall–Kier alpha value is -2.44. The molecule has 6 nitrogen and oxygen atoms in total. The third-order valence-electron chi connectivity index (χ3n) is 4.61. The number of rotatable bonds is 5. The lowest BCUT2D eigenvalue weighted by molar-refractivity contribution is 0.0905. The van der Waals surface area contributed by atoms with Gasteiger partial charge in [0.1, 0.15) is 5.56 Å². The fraction of sp³-hybridized carbons (Fsp3) is 0.368. The Labute approximate surface area is 147 Å². The molecule has 1 saturated heterocycles. The van der Waals surface area contributed by atoms with Crippen LogP contribution in [0.4, 0.5) is 0 Å². The van der Waals surface area contributed by atoms with Crippen molar-refractivity contribution >= 4 is 5.91 Å². The largest absolute Gasteiger partial charge is 0.344 e. The first-order chi connectivity index (χ1) is 12.1. The number of carbonyl (C=O) groups excluding carboxylic acids is 1. The second-order valence-electron chi connectivity index (χ2n) is 6.45. The van der Waals surface area contributed by atoms with Crippen LogP contribution < -0.4 is 10.9 Å². The minimum Gasteiger partial charge on any atom is -0.344 e. The molecule has 132 valence electrons. The van der Waals surface area contributed by atoms with Gasteiger partial charge in [-0.15, -0.1) is 0 Å². The van der Waals surface area contributed by atoms with Gasteiger partial charge in [-0.1, -0.05) is 30.3 Å². The van der Waals surface area contributed by atoms with Crippen molar-refractivity contribution in [3.63, 3.8) is 0 Å². The number of nitrogens with one attached hydrogen (secondary N) is 2. The number of piperazine rings is 1. The van der Waals surface area contributed by atoms with Crippen LogP contribution in [0, 0.1) is 0 Å². The highest BCUT2D eigenvalue weighted by molar-refractivity contribution is 5.94. The molecule has 1 fully saturated rings. The maximum Gasteiger partial charge on any atom is 0.260 e. The molecule has 0 radical (unpaired) electrons. The van der Waals surface area contributed by atoms with Crippen LogP contribution in [0.25, 0.3) is 0 Å². The van der Waals surface area contributed by atoms with Crippen LogP contribution in [0.5, 0.6) is 0 Å². The third-order valence-corrected chi connectivity index (χ3v) is 4.61. The Morgan fingerprint density at radius 3 is 2.52 bits per heavy atom. The summed E-state index contributed by atoms with van der Waals surface area (Å²) in [7, 11) is 2.12. The van der Waals surface area contributed by atoms with Crippen molar-refractivity contribution < 1.29 is 4.79 Å². The van der Waals surface area contributed by atoms with Crippen LogP contribution >= 0.6 is 0 Å². The molecular weight excluding hydrogens is 316 g/mol. The summed E-state index contributed by atoms with van der Waals surface area (Å²) in [6.45, 7) is 4.72. The Morgan fingerprint density at radius 2 is 1.84 bits per heavy atom. The number of pyridine rings is 1. The summed E-state index contributed by atoms with van der Waals surface area (Å²) in [6, 6.07) is 13.0. The molecule has 0 aliphatic carbocycles. The number of likely N-dealkylation sites (N-methyl/N-ethyl adjacent to an activating group) is 1. The summed E-state index contributed by atoms with van der Waals surface area (Å²) < 4.78 is 0. The number of hydrogen-bond acceptors (Lipinski definition) is 4. The van der Waals surface area contributed by atoms with Crippen molar-refractivity contribution in [2.45, 2.75) is 6.04 Å². The fourth-order valence-corrected chi connectivity index (χ4v) is 3.04. The van der Waals surface area contributed by atoms with Crippen molar-refractivity contribution in [2.24, 2.45) is 0 Å². The average molecular weight is 340 g/mol. The Kier molecular flexibility index (Phi) is 5.63. The predicted molar refractivity (Wildman–Crippen MR) is 97.6 cm³/mol. The van der Waals surface area contributed by atoms with Gasteiger partial charge >= 0.3 is 0 Å². The number of amides is 1. The fourth-order valence-electron chi connectivity index (χ4n) is 3.04. The molecule has 2 aromatic rings. The minimum atomic E-state index is -0.369. The van der Waals surface area contributed by atoms with Gasteiger partial charge in [0, 0.05) is 38.9 Å². The quantitative estimate of drug-likeness (QED) is 0.855. The van der Waals surface area contributed by atoms with E-state index < -0.39 is 0 Å². The first-order valence-corrected chi connectivity index (χ1v) is 8.58. The van der Waals surface area contributed by atoms with Gasteiger partial charge in [-0.3, -0.25) is 14.5 Å². The van der Waals surface area contributed by atoms with Gasteiger partial charge < -0.3 is 15.2 Å². The molecule has 0 spiro atoms. The summed E-state index contributed by atoms with van der Waals surface area (Å²) in [5.41, 5.74) is 0.815. The predicted octanol–water partition coefficient (Wildman–Crippen LogP) is 1.09. The van der Waals surface area contributed by atoms with Gasteiger partial charge in [-0.25, -0.2) is 0 Å². The lowest BCUT2D eigenvalue weighted by atomic mass is 10.1. The molecule has 25 heavy (non-hydrogen) atoms. The molecule has 0 saturated carbocycles. The molecule has 1 atom stereocenters. The number of aromatic nitrogens is 1. The van der Waals surface area contributed by atoms with Crippen molar-refractivity contribution in [3.8, 4) is 0 Å². The highest BCUT2D eigenvalue weighted by Gasteiger charge is 2.22. The SMILES string of the molecule is CN1CCN(C[C@H](NC(=O)c2ccc[nH]c2=O)c2ccccc2)CC1. The first kappa shape index (κ1) is 17.4. The Balaban J connectivity index is 1.76. The number of hydrogen-bond donors (Lipinski definition) is 2. The van der Waals surface area contributed by atoms with Gasteiger partial charge in [0.15, 0.2) is 0 Å². The van der Waals surface area contributed by atoms with Crippen LogP contribution in [0.2, 0.25) is 0 Å². The van der Waals surface area contributed by atoms with Gasteiger partial charge in [-0.05, 0) is 24.7 Å². The molecule has 1 amide bonds. The van der Waals surface area contributed by atoms with E-state index in [-0.39, 0.29) is 23.1 Å². The maximum atomic E-state index is 12.6. The third kappa shape index (κ3) is 4.55. The topological polar surface area (TPSA) is 68.4 Å².